The summed E-state index contributed by atoms with van der Waals surface area (Å²) in [5.74, 6) is -0.128. The number of amides is 2. The van der Waals surface area contributed by atoms with Crippen molar-refractivity contribution in [1.29, 1.82) is 0 Å². The molecule has 2 amide bonds. The van der Waals surface area contributed by atoms with E-state index in [1.165, 1.54) is 0 Å². The fourth-order valence-electron chi connectivity index (χ4n) is 2.40. The topological polar surface area (TPSA) is 49.9 Å². The van der Waals surface area contributed by atoms with Crippen molar-refractivity contribution >= 4 is 23.2 Å². The van der Waals surface area contributed by atoms with Gasteiger partial charge in [0.2, 0.25) is 11.8 Å². The summed E-state index contributed by atoms with van der Waals surface area (Å²) in [5, 5.41) is 4.04. The van der Waals surface area contributed by atoms with E-state index in [0.29, 0.717) is 32.7 Å². The summed E-state index contributed by atoms with van der Waals surface area (Å²) < 4.78 is 4.98. The minimum atomic E-state index is -0.219. The summed E-state index contributed by atoms with van der Waals surface area (Å²) in [7, 11) is 3.40. The van der Waals surface area contributed by atoms with Crippen molar-refractivity contribution in [2.24, 2.45) is 5.92 Å². The Morgan fingerprint density at radius 1 is 1.60 bits per heavy atom. The third-order valence-corrected chi connectivity index (χ3v) is 4.24. The number of rotatable bonds is 6. The number of hydrogen-bond acceptors (Lipinski definition) is 4. The van der Waals surface area contributed by atoms with E-state index in [-0.39, 0.29) is 17.7 Å². The third kappa shape index (κ3) is 3.58. The quantitative estimate of drug-likeness (QED) is 0.792. The summed E-state index contributed by atoms with van der Waals surface area (Å²) in [6.07, 6.45) is 0.316. The molecule has 1 fully saturated rings. The average Bonchev–Trinajstić information content (AvgIpc) is 3.05. The first-order chi connectivity index (χ1) is 9.61. The predicted molar refractivity (Wildman–Crippen MR) is 77.4 cm³/mol. The molecule has 0 spiro atoms. The largest absolute Gasteiger partial charge is 0.383 e. The molecule has 1 aliphatic rings. The van der Waals surface area contributed by atoms with Gasteiger partial charge in [-0.25, -0.2) is 0 Å². The molecule has 110 valence electrons. The fraction of sp³-hybridized carbons (Fsp3) is 0.571. The summed E-state index contributed by atoms with van der Waals surface area (Å²) >= 11 is 1.62. The normalized spacial score (nSPS) is 18.6. The van der Waals surface area contributed by atoms with Crippen LogP contribution in [0.5, 0.6) is 0 Å². The third-order valence-electron chi connectivity index (χ3n) is 3.51. The van der Waals surface area contributed by atoms with E-state index in [4.69, 9.17) is 4.74 Å². The van der Waals surface area contributed by atoms with Gasteiger partial charge in [-0.05, 0) is 22.4 Å². The van der Waals surface area contributed by atoms with E-state index in [9.17, 15) is 9.59 Å². The van der Waals surface area contributed by atoms with Crippen LogP contribution in [0, 0.1) is 5.92 Å². The molecule has 0 saturated carbocycles. The SMILES string of the molecule is COCCN1C[C@H](C(=O)N(C)Cc2ccsc2)CC1=O. The van der Waals surface area contributed by atoms with E-state index < -0.39 is 0 Å². The highest BCUT2D eigenvalue weighted by Crippen LogP contribution is 2.20. The zero-order valence-electron chi connectivity index (χ0n) is 11.9. The van der Waals surface area contributed by atoms with Crippen LogP contribution in [0.3, 0.4) is 0 Å². The average molecular weight is 296 g/mol. The van der Waals surface area contributed by atoms with Crippen LogP contribution in [0.25, 0.3) is 0 Å². The number of nitrogens with zero attached hydrogens (tertiary/aromatic N) is 2. The van der Waals surface area contributed by atoms with Gasteiger partial charge in [0.25, 0.3) is 0 Å². The maximum Gasteiger partial charge on any atom is 0.228 e. The maximum absolute atomic E-state index is 12.4. The first-order valence-corrected chi connectivity index (χ1v) is 7.59. The Labute approximate surface area is 123 Å². The van der Waals surface area contributed by atoms with Gasteiger partial charge in [0, 0.05) is 40.2 Å². The molecule has 5 nitrogen and oxygen atoms in total. The van der Waals surface area contributed by atoms with Gasteiger partial charge in [-0.3, -0.25) is 9.59 Å². The molecule has 1 aromatic heterocycles. The summed E-state index contributed by atoms with van der Waals surface area (Å²) in [5.41, 5.74) is 1.13. The number of carbonyl (C=O) groups excluding carboxylic acids is 2. The first-order valence-electron chi connectivity index (χ1n) is 6.64. The minimum Gasteiger partial charge on any atom is -0.383 e. The minimum absolute atomic E-state index is 0.0457. The van der Waals surface area contributed by atoms with Crippen molar-refractivity contribution < 1.29 is 14.3 Å². The molecule has 0 aromatic carbocycles. The Bertz CT molecular complexity index is 461. The van der Waals surface area contributed by atoms with Crippen molar-refractivity contribution in [3.05, 3.63) is 22.4 Å². The number of methoxy groups -OCH3 is 1. The molecule has 0 bridgehead atoms. The van der Waals surface area contributed by atoms with Crippen LogP contribution in [0.2, 0.25) is 0 Å². The van der Waals surface area contributed by atoms with Crippen LogP contribution >= 0.6 is 11.3 Å². The van der Waals surface area contributed by atoms with Crippen molar-refractivity contribution in [2.45, 2.75) is 13.0 Å². The van der Waals surface area contributed by atoms with Crippen LogP contribution in [0.1, 0.15) is 12.0 Å². The maximum atomic E-state index is 12.4. The lowest BCUT2D eigenvalue weighted by Crippen LogP contribution is -2.35. The lowest BCUT2D eigenvalue weighted by molar-refractivity contribution is -0.135. The highest BCUT2D eigenvalue weighted by Gasteiger charge is 2.35. The zero-order valence-corrected chi connectivity index (χ0v) is 12.7. The Balaban J connectivity index is 1.88. The van der Waals surface area contributed by atoms with Crippen LogP contribution in [0.15, 0.2) is 16.8 Å². The predicted octanol–water partition coefficient (Wildman–Crippen LogP) is 1.20. The number of likely N-dealkylation sites (tertiary alicyclic amines) is 1. The highest BCUT2D eigenvalue weighted by atomic mass is 32.1. The molecule has 0 aliphatic carbocycles. The van der Waals surface area contributed by atoms with Gasteiger partial charge in [-0.2, -0.15) is 11.3 Å². The van der Waals surface area contributed by atoms with Crippen molar-refractivity contribution in [2.75, 3.05) is 33.9 Å². The van der Waals surface area contributed by atoms with E-state index in [1.54, 1.807) is 35.3 Å². The van der Waals surface area contributed by atoms with Gasteiger partial charge >= 0.3 is 0 Å². The van der Waals surface area contributed by atoms with Crippen molar-refractivity contribution in [3.63, 3.8) is 0 Å². The lowest BCUT2D eigenvalue weighted by atomic mass is 10.1. The number of thiophene rings is 1. The Morgan fingerprint density at radius 3 is 3.05 bits per heavy atom. The molecular formula is C14H20N2O3S. The summed E-state index contributed by atoms with van der Waals surface area (Å²) in [4.78, 5) is 27.6. The van der Waals surface area contributed by atoms with Crippen LogP contribution in [0.4, 0.5) is 0 Å². The molecule has 0 radical (unpaired) electrons. The molecule has 2 heterocycles. The Morgan fingerprint density at radius 2 is 2.40 bits per heavy atom. The van der Waals surface area contributed by atoms with E-state index in [1.807, 2.05) is 16.8 Å². The second-order valence-corrected chi connectivity index (χ2v) is 5.84. The highest BCUT2D eigenvalue weighted by molar-refractivity contribution is 7.07. The van der Waals surface area contributed by atoms with E-state index in [0.717, 1.165) is 5.56 Å². The molecule has 0 N–H and O–H groups in total. The fourth-order valence-corrected chi connectivity index (χ4v) is 3.06. The lowest BCUT2D eigenvalue weighted by Gasteiger charge is -2.21. The smallest absolute Gasteiger partial charge is 0.228 e. The molecule has 1 saturated heterocycles. The van der Waals surface area contributed by atoms with Gasteiger partial charge in [0.05, 0.1) is 12.5 Å². The van der Waals surface area contributed by atoms with Gasteiger partial charge < -0.3 is 14.5 Å². The van der Waals surface area contributed by atoms with Crippen LogP contribution in [-0.2, 0) is 20.9 Å². The van der Waals surface area contributed by atoms with Crippen molar-refractivity contribution in [3.8, 4) is 0 Å². The van der Waals surface area contributed by atoms with E-state index in [2.05, 4.69) is 0 Å². The van der Waals surface area contributed by atoms with Crippen LogP contribution < -0.4 is 0 Å². The number of ether oxygens (including phenoxy) is 1. The first kappa shape index (κ1) is 15.0. The molecular weight excluding hydrogens is 276 g/mol. The molecule has 2 rings (SSSR count). The summed E-state index contributed by atoms with van der Waals surface area (Å²) in [6.45, 7) is 2.19. The van der Waals surface area contributed by atoms with Gasteiger partial charge in [0.1, 0.15) is 0 Å². The summed E-state index contributed by atoms with van der Waals surface area (Å²) in [6, 6.07) is 2.01. The second kappa shape index (κ2) is 6.85. The standard InChI is InChI=1S/C14H20N2O3S/c1-15(8-11-3-6-20-10-11)14(18)12-7-13(17)16(9-12)4-5-19-2/h3,6,10,12H,4-5,7-9H2,1-2H3/t12-/m1/s1. The number of hydrogen-bond donors (Lipinski definition) is 0. The molecule has 1 atom stereocenters. The Kier molecular flexibility index (Phi) is 5.14. The molecule has 0 unspecified atom stereocenters. The number of carbonyl (C=O) groups is 2. The molecule has 20 heavy (non-hydrogen) atoms. The Hall–Kier alpha value is -1.40. The van der Waals surface area contributed by atoms with E-state index >= 15 is 0 Å². The van der Waals surface area contributed by atoms with Crippen LogP contribution in [-0.4, -0.2) is 55.5 Å². The monoisotopic (exact) mass is 296 g/mol. The zero-order chi connectivity index (χ0) is 14.5. The van der Waals surface area contributed by atoms with Gasteiger partial charge in [-0.15, -0.1) is 0 Å². The van der Waals surface area contributed by atoms with Gasteiger partial charge in [-0.1, -0.05) is 0 Å². The van der Waals surface area contributed by atoms with Crippen molar-refractivity contribution in [1.82, 2.24) is 9.80 Å². The van der Waals surface area contributed by atoms with Gasteiger partial charge in [0.15, 0.2) is 0 Å². The second-order valence-electron chi connectivity index (χ2n) is 5.06. The molecule has 1 aromatic rings. The molecule has 6 heteroatoms. The molecule has 1 aliphatic heterocycles.